The summed E-state index contributed by atoms with van der Waals surface area (Å²) < 4.78 is 0. The number of nitrogens with one attached hydrogen (secondary N) is 1. The first-order valence-corrected chi connectivity index (χ1v) is 7.01. The van der Waals surface area contributed by atoms with E-state index in [0.29, 0.717) is 5.02 Å². The molecule has 1 N–H and O–H groups in total. The minimum Gasteiger partial charge on any atom is -0.341 e. The monoisotopic (exact) mass is 303 g/mol. The molecule has 110 valence electrons. The van der Waals surface area contributed by atoms with E-state index in [0.717, 1.165) is 11.3 Å². The molecule has 4 nitrogen and oxygen atoms in total. The molecule has 0 aliphatic heterocycles. The molecule has 0 saturated carbocycles. The first-order chi connectivity index (χ1) is 10.00. The summed E-state index contributed by atoms with van der Waals surface area (Å²) in [6, 6.07) is 12.9. The normalized spacial score (nSPS) is 13.3. The summed E-state index contributed by atoms with van der Waals surface area (Å²) in [6.45, 7) is 1.97. The van der Waals surface area contributed by atoms with Crippen molar-refractivity contribution in [1.29, 1.82) is 0 Å². The number of carbonyl (C=O) groups is 1. The second-order valence-corrected chi connectivity index (χ2v) is 5.34. The van der Waals surface area contributed by atoms with Crippen molar-refractivity contribution in [3.8, 4) is 0 Å². The Labute approximate surface area is 129 Å². The fourth-order valence-electron chi connectivity index (χ4n) is 2.31. The maximum absolute atomic E-state index is 12.1. The maximum atomic E-state index is 12.1. The SMILES string of the molecule is CNC(=O)N(C)[C@](C)(c1ccc(Cl)cc1)c1ccccn1. The third-order valence-electron chi connectivity index (χ3n) is 3.76. The van der Waals surface area contributed by atoms with Gasteiger partial charge >= 0.3 is 6.03 Å². The van der Waals surface area contributed by atoms with Crippen LogP contribution in [0, 0.1) is 0 Å². The topological polar surface area (TPSA) is 45.2 Å². The highest BCUT2D eigenvalue weighted by atomic mass is 35.5. The van der Waals surface area contributed by atoms with Gasteiger partial charge in [0.05, 0.1) is 5.69 Å². The van der Waals surface area contributed by atoms with Gasteiger partial charge in [0.15, 0.2) is 0 Å². The number of benzene rings is 1. The maximum Gasteiger partial charge on any atom is 0.317 e. The molecule has 0 radical (unpaired) electrons. The summed E-state index contributed by atoms with van der Waals surface area (Å²) >= 11 is 5.97. The van der Waals surface area contributed by atoms with Gasteiger partial charge in [-0.05, 0) is 36.8 Å². The number of carbonyl (C=O) groups excluding carboxylic acids is 1. The highest BCUT2D eigenvalue weighted by Crippen LogP contribution is 2.34. The van der Waals surface area contributed by atoms with Crippen molar-refractivity contribution < 1.29 is 4.79 Å². The lowest BCUT2D eigenvalue weighted by Crippen LogP contribution is -2.49. The van der Waals surface area contributed by atoms with Gasteiger partial charge < -0.3 is 10.2 Å². The van der Waals surface area contributed by atoms with Gasteiger partial charge in [-0.3, -0.25) is 4.98 Å². The number of halogens is 1. The van der Waals surface area contributed by atoms with E-state index < -0.39 is 5.54 Å². The molecule has 5 heteroatoms. The van der Waals surface area contributed by atoms with Gasteiger partial charge in [0.25, 0.3) is 0 Å². The predicted octanol–water partition coefficient (Wildman–Crippen LogP) is 3.27. The second kappa shape index (κ2) is 6.14. The molecular formula is C16H18ClN3O. The smallest absolute Gasteiger partial charge is 0.317 e. The molecule has 1 aromatic heterocycles. The van der Waals surface area contributed by atoms with Crippen molar-refractivity contribution >= 4 is 17.6 Å². The molecule has 2 aromatic rings. The van der Waals surface area contributed by atoms with E-state index in [4.69, 9.17) is 11.6 Å². The average Bonchev–Trinajstić information content (AvgIpc) is 2.54. The van der Waals surface area contributed by atoms with Crippen molar-refractivity contribution in [2.24, 2.45) is 0 Å². The van der Waals surface area contributed by atoms with Crippen molar-refractivity contribution in [2.75, 3.05) is 14.1 Å². The zero-order chi connectivity index (χ0) is 15.5. The molecular weight excluding hydrogens is 286 g/mol. The highest BCUT2D eigenvalue weighted by molar-refractivity contribution is 6.30. The van der Waals surface area contributed by atoms with Crippen molar-refractivity contribution in [3.05, 3.63) is 64.9 Å². The third-order valence-corrected chi connectivity index (χ3v) is 4.01. The summed E-state index contributed by atoms with van der Waals surface area (Å²) in [5, 5.41) is 3.31. The third kappa shape index (κ3) is 2.85. The number of amides is 2. The number of rotatable bonds is 3. The molecule has 1 aromatic carbocycles. The zero-order valence-corrected chi connectivity index (χ0v) is 13.1. The van der Waals surface area contributed by atoms with Crippen LogP contribution in [0.3, 0.4) is 0 Å². The predicted molar refractivity (Wildman–Crippen MR) is 84.4 cm³/mol. The van der Waals surface area contributed by atoms with Gasteiger partial charge in [-0.1, -0.05) is 29.8 Å². The van der Waals surface area contributed by atoms with E-state index in [-0.39, 0.29) is 6.03 Å². The van der Waals surface area contributed by atoms with Gasteiger partial charge in [-0.2, -0.15) is 0 Å². The van der Waals surface area contributed by atoms with Crippen LogP contribution >= 0.6 is 11.6 Å². The van der Waals surface area contributed by atoms with Gasteiger partial charge in [0.1, 0.15) is 5.54 Å². The Balaban J connectivity index is 2.59. The molecule has 0 saturated heterocycles. The van der Waals surface area contributed by atoms with Crippen molar-refractivity contribution in [2.45, 2.75) is 12.5 Å². The number of urea groups is 1. The van der Waals surface area contributed by atoms with Crippen LogP contribution in [-0.2, 0) is 5.54 Å². The van der Waals surface area contributed by atoms with Gasteiger partial charge in [0.2, 0.25) is 0 Å². The summed E-state index contributed by atoms with van der Waals surface area (Å²) in [5.41, 5.74) is 1.04. The fraction of sp³-hybridized carbons (Fsp3) is 0.250. The van der Waals surface area contributed by atoms with Crippen LogP contribution in [0.1, 0.15) is 18.2 Å². The first-order valence-electron chi connectivity index (χ1n) is 6.63. The summed E-state index contributed by atoms with van der Waals surface area (Å²) in [6.07, 6.45) is 1.72. The Bertz CT molecular complexity index is 615. The summed E-state index contributed by atoms with van der Waals surface area (Å²) in [5.74, 6) is 0. The quantitative estimate of drug-likeness (QED) is 0.946. The molecule has 0 aliphatic rings. The Hall–Kier alpha value is -2.07. The standard InChI is InChI=1S/C16H18ClN3O/c1-16(20(3)15(21)18-2,14-6-4-5-11-19-14)12-7-9-13(17)10-8-12/h4-11H,1-3H3,(H,18,21)/t16-/m1/s1. The molecule has 2 rings (SSSR count). The lowest BCUT2D eigenvalue weighted by Gasteiger charge is -2.38. The number of pyridine rings is 1. The number of nitrogens with zero attached hydrogens (tertiary/aromatic N) is 2. The Morgan fingerprint density at radius 3 is 2.43 bits per heavy atom. The summed E-state index contributed by atoms with van der Waals surface area (Å²) in [7, 11) is 3.36. The molecule has 0 fully saturated rings. The van der Waals surface area contributed by atoms with Crippen molar-refractivity contribution in [1.82, 2.24) is 15.2 Å². The highest BCUT2D eigenvalue weighted by Gasteiger charge is 2.37. The van der Waals surface area contributed by atoms with E-state index in [1.54, 1.807) is 25.2 Å². The average molecular weight is 304 g/mol. The molecule has 0 aliphatic carbocycles. The minimum absolute atomic E-state index is 0.182. The Morgan fingerprint density at radius 2 is 1.90 bits per heavy atom. The van der Waals surface area contributed by atoms with Gasteiger partial charge in [-0.25, -0.2) is 4.79 Å². The molecule has 2 amide bonds. The van der Waals surface area contributed by atoms with E-state index >= 15 is 0 Å². The Morgan fingerprint density at radius 1 is 1.24 bits per heavy atom. The van der Waals surface area contributed by atoms with Crippen LogP contribution in [0.5, 0.6) is 0 Å². The number of hydrogen-bond acceptors (Lipinski definition) is 2. The van der Waals surface area contributed by atoms with Crippen LogP contribution < -0.4 is 5.32 Å². The first kappa shape index (κ1) is 15.3. The van der Waals surface area contributed by atoms with Gasteiger partial charge in [-0.15, -0.1) is 0 Å². The molecule has 0 spiro atoms. The molecule has 1 atom stereocenters. The van der Waals surface area contributed by atoms with Crippen LogP contribution in [-0.4, -0.2) is 30.0 Å². The fourth-order valence-corrected chi connectivity index (χ4v) is 2.44. The van der Waals surface area contributed by atoms with E-state index in [9.17, 15) is 4.79 Å². The van der Waals surface area contributed by atoms with Crippen molar-refractivity contribution in [3.63, 3.8) is 0 Å². The second-order valence-electron chi connectivity index (χ2n) is 4.91. The minimum atomic E-state index is -0.689. The number of aromatic nitrogens is 1. The lowest BCUT2D eigenvalue weighted by molar-refractivity contribution is 0.166. The van der Waals surface area contributed by atoms with Gasteiger partial charge in [0, 0.05) is 25.3 Å². The molecule has 0 bridgehead atoms. The number of hydrogen-bond donors (Lipinski definition) is 1. The van der Waals surface area contributed by atoms with E-state index in [1.165, 1.54) is 0 Å². The van der Waals surface area contributed by atoms with Crippen LogP contribution in [0.2, 0.25) is 5.02 Å². The molecule has 21 heavy (non-hydrogen) atoms. The molecule has 0 unspecified atom stereocenters. The van der Waals surface area contributed by atoms with E-state index in [2.05, 4.69) is 10.3 Å². The summed E-state index contributed by atoms with van der Waals surface area (Å²) in [4.78, 5) is 18.2. The van der Waals surface area contributed by atoms with E-state index in [1.807, 2.05) is 49.4 Å². The van der Waals surface area contributed by atoms with Crippen LogP contribution in [0.15, 0.2) is 48.7 Å². The Kier molecular flexibility index (Phi) is 4.48. The van der Waals surface area contributed by atoms with Crippen LogP contribution in [0.4, 0.5) is 4.79 Å². The van der Waals surface area contributed by atoms with Crippen LogP contribution in [0.25, 0.3) is 0 Å². The molecule has 1 heterocycles. The zero-order valence-electron chi connectivity index (χ0n) is 12.3. The largest absolute Gasteiger partial charge is 0.341 e. The lowest BCUT2D eigenvalue weighted by atomic mass is 9.86.